The summed E-state index contributed by atoms with van der Waals surface area (Å²) in [4.78, 5) is 37.4. The number of phenols is 1. The Balaban J connectivity index is 1.99. The predicted octanol–water partition coefficient (Wildman–Crippen LogP) is 3.56. The van der Waals surface area contributed by atoms with E-state index >= 15 is 0 Å². The molecular formula is C19H15Cl2N3O5. The van der Waals surface area contributed by atoms with Gasteiger partial charge in [0, 0.05) is 5.92 Å². The number of hydrogen-bond acceptors (Lipinski definition) is 6. The van der Waals surface area contributed by atoms with Crippen LogP contribution < -0.4 is 16.0 Å². The zero-order valence-corrected chi connectivity index (χ0v) is 16.8. The number of nitrogens with one attached hydrogen (secondary N) is 1. The summed E-state index contributed by atoms with van der Waals surface area (Å²) >= 11 is 12.5. The maximum atomic E-state index is 12.2. The number of phenolic OH excluding ortho intramolecular Hbond substituents is 1. The second-order valence-corrected chi connectivity index (χ2v) is 7.20. The van der Waals surface area contributed by atoms with E-state index in [4.69, 9.17) is 27.9 Å². The van der Waals surface area contributed by atoms with Crippen molar-refractivity contribution >= 4 is 29.0 Å². The number of aromatic nitrogens is 3. The van der Waals surface area contributed by atoms with Gasteiger partial charge in [-0.2, -0.15) is 9.78 Å². The average molecular weight is 436 g/mol. The van der Waals surface area contributed by atoms with Crippen molar-refractivity contribution in [2.24, 2.45) is 5.92 Å². The van der Waals surface area contributed by atoms with Crippen molar-refractivity contribution in [2.75, 3.05) is 0 Å². The van der Waals surface area contributed by atoms with Crippen molar-refractivity contribution in [1.29, 1.82) is 0 Å². The second kappa shape index (κ2) is 8.10. The van der Waals surface area contributed by atoms with Crippen molar-refractivity contribution in [3.63, 3.8) is 0 Å². The van der Waals surface area contributed by atoms with E-state index in [0.29, 0.717) is 0 Å². The van der Waals surface area contributed by atoms with Crippen LogP contribution in [0.1, 0.15) is 24.2 Å². The number of aromatic hydroxyl groups is 1. The van der Waals surface area contributed by atoms with Crippen LogP contribution >= 0.6 is 23.2 Å². The van der Waals surface area contributed by atoms with Gasteiger partial charge in [0.2, 0.25) is 0 Å². The molecular weight excluding hydrogens is 421 g/mol. The summed E-state index contributed by atoms with van der Waals surface area (Å²) in [6.07, 6.45) is 0.942. The molecule has 1 aromatic heterocycles. The summed E-state index contributed by atoms with van der Waals surface area (Å²) in [5.41, 5.74) is -1.06. The van der Waals surface area contributed by atoms with Crippen LogP contribution in [0.3, 0.4) is 0 Å². The van der Waals surface area contributed by atoms with E-state index in [9.17, 15) is 19.5 Å². The molecule has 0 bridgehead atoms. The molecule has 0 aliphatic carbocycles. The Labute approximate surface area is 174 Å². The first-order valence-corrected chi connectivity index (χ1v) is 9.16. The third kappa shape index (κ3) is 4.33. The lowest BCUT2D eigenvalue weighted by molar-refractivity contribution is 0.0936. The number of benzene rings is 2. The number of nitrogens with zero attached hydrogens (tertiary/aromatic N) is 2. The molecule has 0 radical (unpaired) electrons. The number of ketones is 1. The highest BCUT2D eigenvalue weighted by atomic mass is 35.5. The van der Waals surface area contributed by atoms with Crippen molar-refractivity contribution in [3.8, 4) is 22.9 Å². The smallest absolute Gasteiger partial charge is 0.349 e. The Bertz CT molecular complexity index is 1190. The van der Waals surface area contributed by atoms with E-state index in [2.05, 4.69) is 10.1 Å². The SMILES string of the molecule is CC(C)C(=O)c1cc(Oc2c(Cl)cc(-n3ncc(=O)[nH]c3=O)cc2Cl)ccc1O. The van der Waals surface area contributed by atoms with E-state index in [0.717, 1.165) is 10.9 Å². The molecule has 8 nitrogen and oxygen atoms in total. The summed E-state index contributed by atoms with van der Waals surface area (Å²) in [5, 5.41) is 13.8. The topological polar surface area (TPSA) is 114 Å². The Morgan fingerprint density at radius 2 is 1.83 bits per heavy atom. The first-order chi connectivity index (χ1) is 13.7. The Hall–Kier alpha value is -3.10. The van der Waals surface area contributed by atoms with Crippen molar-refractivity contribution in [1.82, 2.24) is 14.8 Å². The third-order valence-corrected chi connectivity index (χ3v) is 4.48. The van der Waals surface area contributed by atoms with Crippen LogP contribution in [0.15, 0.2) is 46.1 Å². The minimum atomic E-state index is -0.756. The molecule has 0 fully saturated rings. The van der Waals surface area contributed by atoms with Crippen LogP contribution in [0.25, 0.3) is 5.69 Å². The maximum absolute atomic E-state index is 12.2. The van der Waals surface area contributed by atoms with Gasteiger partial charge >= 0.3 is 5.69 Å². The van der Waals surface area contributed by atoms with E-state index in [1.807, 2.05) is 0 Å². The lowest BCUT2D eigenvalue weighted by atomic mass is 10.00. The van der Waals surface area contributed by atoms with Crippen molar-refractivity contribution in [2.45, 2.75) is 13.8 Å². The fourth-order valence-corrected chi connectivity index (χ4v) is 3.06. The van der Waals surface area contributed by atoms with Gasteiger partial charge in [0.05, 0.1) is 21.3 Å². The van der Waals surface area contributed by atoms with Crippen LogP contribution in [0.5, 0.6) is 17.2 Å². The summed E-state index contributed by atoms with van der Waals surface area (Å²) < 4.78 is 6.63. The predicted molar refractivity (Wildman–Crippen MR) is 108 cm³/mol. The highest BCUT2D eigenvalue weighted by Crippen LogP contribution is 2.39. The number of Topliss-reactive ketones (excluding diaryl/α,β-unsaturated/α-hetero) is 1. The van der Waals surface area contributed by atoms with Gasteiger partial charge in [0.15, 0.2) is 11.5 Å². The number of aromatic amines is 1. The minimum absolute atomic E-state index is 0.0669. The van der Waals surface area contributed by atoms with Gasteiger partial charge in [0.25, 0.3) is 5.56 Å². The highest BCUT2D eigenvalue weighted by molar-refractivity contribution is 6.37. The van der Waals surface area contributed by atoms with E-state index in [1.165, 1.54) is 30.3 Å². The van der Waals surface area contributed by atoms with Crippen molar-refractivity contribution < 1.29 is 14.6 Å². The second-order valence-electron chi connectivity index (χ2n) is 6.39. The molecule has 0 aliphatic rings. The zero-order valence-electron chi connectivity index (χ0n) is 15.3. The maximum Gasteiger partial charge on any atom is 0.349 e. The number of carbonyl (C=O) groups is 1. The highest BCUT2D eigenvalue weighted by Gasteiger charge is 2.18. The van der Waals surface area contributed by atoms with E-state index in [-0.39, 0.29) is 50.2 Å². The largest absolute Gasteiger partial charge is 0.507 e. The lowest BCUT2D eigenvalue weighted by Crippen LogP contribution is -2.30. The quantitative estimate of drug-likeness (QED) is 0.592. The lowest BCUT2D eigenvalue weighted by Gasteiger charge is -2.13. The van der Waals surface area contributed by atoms with Gasteiger partial charge in [-0.25, -0.2) is 4.79 Å². The number of H-pyrrole nitrogens is 1. The number of ether oxygens (including phenoxy) is 1. The molecule has 1 heterocycles. The molecule has 0 atom stereocenters. The molecule has 0 saturated heterocycles. The molecule has 0 spiro atoms. The van der Waals surface area contributed by atoms with Gasteiger partial charge in [-0.15, -0.1) is 0 Å². The average Bonchev–Trinajstić information content (AvgIpc) is 2.65. The summed E-state index contributed by atoms with van der Waals surface area (Å²) in [7, 11) is 0. The molecule has 0 amide bonds. The van der Waals surface area contributed by atoms with Gasteiger partial charge in [-0.1, -0.05) is 37.0 Å². The fourth-order valence-electron chi connectivity index (χ4n) is 2.51. The van der Waals surface area contributed by atoms with E-state index < -0.39 is 11.2 Å². The summed E-state index contributed by atoms with van der Waals surface area (Å²) in [6, 6.07) is 6.96. The molecule has 10 heteroatoms. The fraction of sp³-hybridized carbons (Fsp3) is 0.158. The van der Waals surface area contributed by atoms with Gasteiger partial charge in [-0.3, -0.25) is 14.6 Å². The number of rotatable bonds is 5. The Morgan fingerprint density at radius 1 is 1.17 bits per heavy atom. The molecule has 3 rings (SSSR count). The standard InChI is InChI=1S/C19H15Cl2N3O5/c1-9(2)17(27)12-7-11(3-4-15(12)25)29-18-13(20)5-10(6-14(18)21)24-19(28)23-16(26)8-22-24/h3-9,25H,1-2H3,(H,23,26,28). The van der Waals surface area contributed by atoms with Crippen LogP contribution in [-0.2, 0) is 0 Å². The monoisotopic (exact) mass is 435 g/mol. The number of halogens is 2. The van der Waals surface area contributed by atoms with Crippen LogP contribution in [0.2, 0.25) is 10.0 Å². The third-order valence-electron chi connectivity index (χ3n) is 3.92. The zero-order chi connectivity index (χ0) is 21.3. The molecule has 29 heavy (non-hydrogen) atoms. The van der Waals surface area contributed by atoms with Gasteiger partial charge in [0.1, 0.15) is 17.7 Å². The molecule has 0 unspecified atom stereocenters. The first kappa shape index (κ1) is 20.6. The number of hydrogen-bond donors (Lipinski definition) is 2. The van der Waals surface area contributed by atoms with Crippen LogP contribution in [0, 0.1) is 5.92 Å². The van der Waals surface area contributed by atoms with Gasteiger partial charge in [-0.05, 0) is 30.3 Å². The molecule has 150 valence electrons. The van der Waals surface area contributed by atoms with Crippen LogP contribution in [-0.4, -0.2) is 25.7 Å². The molecule has 2 aromatic carbocycles. The van der Waals surface area contributed by atoms with E-state index in [1.54, 1.807) is 13.8 Å². The first-order valence-electron chi connectivity index (χ1n) is 8.40. The summed E-state index contributed by atoms with van der Waals surface area (Å²) in [6.45, 7) is 3.43. The molecule has 0 aliphatic heterocycles. The summed E-state index contributed by atoms with van der Waals surface area (Å²) in [5.74, 6) is -0.396. The Morgan fingerprint density at radius 3 is 2.41 bits per heavy atom. The number of carbonyl (C=O) groups excluding carboxylic acids is 1. The van der Waals surface area contributed by atoms with Crippen molar-refractivity contribution in [3.05, 3.63) is 73.0 Å². The van der Waals surface area contributed by atoms with Gasteiger partial charge < -0.3 is 9.84 Å². The molecule has 2 N–H and O–H groups in total. The minimum Gasteiger partial charge on any atom is -0.507 e. The molecule has 0 saturated carbocycles. The Kier molecular flexibility index (Phi) is 5.76. The molecule has 3 aromatic rings. The van der Waals surface area contributed by atoms with Crippen LogP contribution in [0.4, 0.5) is 0 Å². The normalized spacial score (nSPS) is 10.9.